The molecule has 1 heterocycles. The predicted molar refractivity (Wildman–Crippen MR) is 57.8 cm³/mol. The summed E-state index contributed by atoms with van der Waals surface area (Å²) in [5, 5.41) is 3.92. The smallest absolute Gasteiger partial charge is 0.0952 e. The number of rotatable bonds is 2. The molecule has 0 radical (unpaired) electrons. The number of ether oxygens (including phenoxy) is 1. The van der Waals surface area contributed by atoms with Gasteiger partial charge in [0.25, 0.3) is 0 Å². The molecule has 0 saturated heterocycles. The molecule has 1 atom stereocenters. The van der Waals surface area contributed by atoms with Crippen molar-refractivity contribution in [2.24, 2.45) is 0 Å². The average Bonchev–Trinajstić information content (AvgIpc) is 2.19. The minimum Gasteiger partial charge on any atom is -0.372 e. The van der Waals surface area contributed by atoms with Crippen molar-refractivity contribution in [3.05, 3.63) is 34.3 Å². The summed E-state index contributed by atoms with van der Waals surface area (Å²) in [6.07, 6.45) is 1.15. The van der Waals surface area contributed by atoms with Crippen LogP contribution in [0.3, 0.4) is 0 Å². The maximum atomic E-state index is 5.97. The summed E-state index contributed by atoms with van der Waals surface area (Å²) in [6, 6.07) is 6.06. The van der Waals surface area contributed by atoms with E-state index in [1.165, 1.54) is 11.1 Å². The highest BCUT2D eigenvalue weighted by Gasteiger charge is 2.19. The molecule has 3 heteroatoms. The first-order valence-electron chi connectivity index (χ1n) is 4.86. The van der Waals surface area contributed by atoms with E-state index in [0.29, 0.717) is 0 Å². The van der Waals surface area contributed by atoms with E-state index >= 15 is 0 Å². The van der Waals surface area contributed by atoms with Crippen LogP contribution in [0.4, 0.5) is 0 Å². The van der Waals surface area contributed by atoms with Crippen LogP contribution in [-0.2, 0) is 11.2 Å². The number of likely N-dealkylation sites (N-methyl/N-ethyl adjacent to an activating group) is 1. The van der Waals surface area contributed by atoms with Crippen LogP contribution in [0.1, 0.15) is 17.2 Å². The van der Waals surface area contributed by atoms with Crippen LogP contribution >= 0.6 is 11.6 Å². The zero-order valence-corrected chi connectivity index (χ0v) is 8.97. The lowest BCUT2D eigenvalue weighted by Gasteiger charge is -2.26. The van der Waals surface area contributed by atoms with Crippen molar-refractivity contribution in [3.8, 4) is 0 Å². The average molecular weight is 212 g/mol. The SMILES string of the molecule is CNC[C@H]1OCCc2ccc(Cl)cc21. The molecule has 2 nitrogen and oxygen atoms in total. The van der Waals surface area contributed by atoms with Gasteiger partial charge in [0.05, 0.1) is 12.7 Å². The summed E-state index contributed by atoms with van der Waals surface area (Å²) >= 11 is 5.97. The normalized spacial score (nSPS) is 20.6. The zero-order chi connectivity index (χ0) is 9.97. The second-order valence-electron chi connectivity index (χ2n) is 3.51. The van der Waals surface area contributed by atoms with Crippen LogP contribution in [-0.4, -0.2) is 20.2 Å². The van der Waals surface area contributed by atoms with Crippen molar-refractivity contribution in [2.45, 2.75) is 12.5 Å². The Hall–Kier alpha value is -0.570. The van der Waals surface area contributed by atoms with Gasteiger partial charge < -0.3 is 10.1 Å². The number of hydrogen-bond acceptors (Lipinski definition) is 2. The highest BCUT2D eigenvalue weighted by molar-refractivity contribution is 6.30. The molecule has 2 rings (SSSR count). The van der Waals surface area contributed by atoms with Crippen molar-refractivity contribution in [2.75, 3.05) is 20.2 Å². The molecular formula is C11H14ClNO. The monoisotopic (exact) mass is 211 g/mol. The molecule has 0 bridgehead atoms. The molecule has 14 heavy (non-hydrogen) atoms. The van der Waals surface area contributed by atoms with Gasteiger partial charge in [-0.25, -0.2) is 0 Å². The Morgan fingerprint density at radius 2 is 2.43 bits per heavy atom. The minimum absolute atomic E-state index is 0.155. The lowest BCUT2D eigenvalue weighted by molar-refractivity contribution is 0.0438. The minimum atomic E-state index is 0.155. The second-order valence-corrected chi connectivity index (χ2v) is 3.95. The van der Waals surface area contributed by atoms with Crippen molar-refractivity contribution in [1.82, 2.24) is 5.32 Å². The van der Waals surface area contributed by atoms with Gasteiger partial charge in [0.2, 0.25) is 0 Å². The molecule has 0 saturated carbocycles. The molecule has 76 valence electrons. The van der Waals surface area contributed by atoms with Gasteiger partial charge in [-0.2, -0.15) is 0 Å². The Morgan fingerprint density at radius 3 is 3.21 bits per heavy atom. The standard InChI is InChI=1S/C11H14ClNO/c1-13-7-11-10-6-9(12)3-2-8(10)4-5-14-11/h2-3,6,11,13H,4-5,7H2,1H3/t11-/m1/s1. The van der Waals surface area contributed by atoms with E-state index in [1.807, 2.05) is 19.2 Å². The van der Waals surface area contributed by atoms with Crippen molar-refractivity contribution < 1.29 is 4.74 Å². The first-order valence-corrected chi connectivity index (χ1v) is 5.23. The molecule has 1 aliphatic heterocycles. The summed E-state index contributed by atoms with van der Waals surface area (Å²) in [7, 11) is 1.93. The fraction of sp³-hybridized carbons (Fsp3) is 0.455. The van der Waals surface area contributed by atoms with Crippen LogP contribution in [0.2, 0.25) is 5.02 Å². The Balaban J connectivity index is 2.32. The summed E-state index contributed by atoms with van der Waals surface area (Å²) in [5.74, 6) is 0. The first-order chi connectivity index (χ1) is 6.81. The molecule has 0 aromatic heterocycles. The van der Waals surface area contributed by atoms with E-state index in [9.17, 15) is 0 Å². The van der Waals surface area contributed by atoms with Gasteiger partial charge in [0.15, 0.2) is 0 Å². The van der Waals surface area contributed by atoms with Crippen molar-refractivity contribution in [3.63, 3.8) is 0 Å². The van der Waals surface area contributed by atoms with E-state index in [2.05, 4.69) is 11.4 Å². The van der Waals surface area contributed by atoms with Crippen molar-refractivity contribution >= 4 is 11.6 Å². The Labute approximate surface area is 89.2 Å². The van der Waals surface area contributed by atoms with E-state index < -0.39 is 0 Å². The van der Waals surface area contributed by atoms with Crippen LogP contribution in [0.25, 0.3) is 0 Å². The van der Waals surface area contributed by atoms with Crippen molar-refractivity contribution in [1.29, 1.82) is 0 Å². The van der Waals surface area contributed by atoms with Crippen LogP contribution in [0.5, 0.6) is 0 Å². The summed E-state index contributed by atoms with van der Waals surface area (Å²) in [6.45, 7) is 1.65. The molecule has 1 aliphatic rings. The Kier molecular flexibility index (Phi) is 3.06. The Morgan fingerprint density at radius 1 is 1.57 bits per heavy atom. The van der Waals surface area contributed by atoms with E-state index in [0.717, 1.165) is 24.6 Å². The third kappa shape index (κ3) is 1.92. The van der Waals surface area contributed by atoms with Gasteiger partial charge in [0, 0.05) is 11.6 Å². The number of benzene rings is 1. The third-order valence-electron chi connectivity index (χ3n) is 2.53. The highest BCUT2D eigenvalue weighted by Crippen LogP contribution is 2.28. The lowest BCUT2D eigenvalue weighted by Crippen LogP contribution is -2.25. The van der Waals surface area contributed by atoms with Gasteiger partial charge in [0.1, 0.15) is 0 Å². The molecule has 0 amide bonds. The molecular weight excluding hydrogens is 198 g/mol. The number of nitrogens with one attached hydrogen (secondary N) is 1. The predicted octanol–water partition coefficient (Wildman–Crippen LogP) is 2.17. The number of fused-ring (bicyclic) bond motifs is 1. The van der Waals surface area contributed by atoms with E-state index in [4.69, 9.17) is 16.3 Å². The lowest BCUT2D eigenvalue weighted by atomic mass is 9.97. The summed E-state index contributed by atoms with van der Waals surface area (Å²) < 4.78 is 5.68. The van der Waals surface area contributed by atoms with E-state index in [1.54, 1.807) is 0 Å². The van der Waals surface area contributed by atoms with Crippen LogP contribution in [0.15, 0.2) is 18.2 Å². The molecule has 1 aromatic rings. The van der Waals surface area contributed by atoms with Crippen LogP contribution in [0, 0.1) is 0 Å². The highest BCUT2D eigenvalue weighted by atomic mass is 35.5. The van der Waals surface area contributed by atoms with Gasteiger partial charge >= 0.3 is 0 Å². The second kappa shape index (κ2) is 4.30. The van der Waals surface area contributed by atoms with Crippen LogP contribution < -0.4 is 5.32 Å². The Bertz CT molecular complexity index is 327. The molecule has 0 fully saturated rings. The maximum Gasteiger partial charge on any atom is 0.0952 e. The fourth-order valence-electron chi connectivity index (χ4n) is 1.85. The van der Waals surface area contributed by atoms with E-state index in [-0.39, 0.29) is 6.10 Å². The van der Waals surface area contributed by atoms with Gasteiger partial charge in [-0.05, 0) is 36.7 Å². The third-order valence-corrected chi connectivity index (χ3v) is 2.77. The van der Waals surface area contributed by atoms with Gasteiger partial charge in [-0.15, -0.1) is 0 Å². The maximum absolute atomic E-state index is 5.97. The van der Waals surface area contributed by atoms with Gasteiger partial charge in [-0.1, -0.05) is 17.7 Å². The first kappa shape index (κ1) is 9.97. The molecule has 0 aliphatic carbocycles. The molecule has 1 N–H and O–H groups in total. The summed E-state index contributed by atoms with van der Waals surface area (Å²) in [5.41, 5.74) is 2.60. The topological polar surface area (TPSA) is 21.3 Å². The summed E-state index contributed by atoms with van der Waals surface area (Å²) in [4.78, 5) is 0. The molecule has 1 aromatic carbocycles. The molecule has 0 spiro atoms. The number of hydrogen-bond donors (Lipinski definition) is 1. The molecule has 0 unspecified atom stereocenters. The quantitative estimate of drug-likeness (QED) is 0.810. The van der Waals surface area contributed by atoms with Gasteiger partial charge in [-0.3, -0.25) is 0 Å². The fourth-order valence-corrected chi connectivity index (χ4v) is 2.03. The number of halogens is 1. The largest absolute Gasteiger partial charge is 0.372 e. The zero-order valence-electron chi connectivity index (χ0n) is 8.22.